The molecule has 0 aromatic heterocycles. The van der Waals surface area contributed by atoms with Gasteiger partial charge in [-0.2, -0.15) is 0 Å². The fourth-order valence-electron chi connectivity index (χ4n) is 7.90. The van der Waals surface area contributed by atoms with Gasteiger partial charge in [0.05, 0.1) is 18.3 Å². The minimum Gasteiger partial charge on any atom is -0.481 e. The Kier molecular flexibility index (Phi) is 20.1. The molecule has 10 N–H and O–H groups in total. The molecule has 1 aromatic rings. The van der Waals surface area contributed by atoms with E-state index in [1.807, 2.05) is 58.0 Å². The summed E-state index contributed by atoms with van der Waals surface area (Å²) in [6, 6.07) is 6.04. The van der Waals surface area contributed by atoms with Crippen LogP contribution in [0.4, 0.5) is 0 Å². The lowest BCUT2D eigenvalue weighted by atomic mass is 9.84. The fourth-order valence-corrected chi connectivity index (χ4v) is 7.90. The molecule has 5 amide bonds. The lowest BCUT2D eigenvalue weighted by molar-refractivity contribution is -0.140. The molecule has 1 saturated carbocycles. The minimum atomic E-state index is -1.18. The average Bonchev–Trinajstić information content (AvgIpc) is 3.13. The van der Waals surface area contributed by atoms with Crippen LogP contribution in [0.2, 0.25) is 0 Å². The molecular formula is C42H67N7O9. The number of rotatable bonds is 23. The van der Waals surface area contributed by atoms with Gasteiger partial charge in [-0.25, -0.2) is 0 Å². The molecule has 16 heteroatoms. The normalized spacial score (nSPS) is 21.5. The molecule has 1 heterocycles. The smallest absolute Gasteiger partial charge is 0.305 e. The van der Waals surface area contributed by atoms with E-state index in [1.165, 1.54) is 0 Å². The van der Waals surface area contributed by atoms with Crippen LogP contribution >= 0.6 is 0 Å². The Hall–Kier alpha value is -4.57. The Morgan fingerprint density at radius 3 is 2.00 bits per heavy atom. The molecule has 2 aliphatic rings. The first kappa shape index (κ1) is 47.8. The quantitative estimate of drug-likeness (QED) is 0.0772. The van der Waals surface area contributed by atoms with Gasteiger partial charge in [-0.3, -0.25) is 33.6 Å². The van der Waals surface area contributed by atoms with Gasteiger partial charge in [0.25, 0.3) is 0 Å². The van der Waals surface area contributed by atoms with Crippen LogP contribution in [-0.2, 0) is 40.0 Å². The lowest BCUT2D eigenvalue weighted by Crippen LogP contribution is -2.57. The molecule has 1 saturated heterocycles. The van der Waals surface area contributed by atoms with E-state index in [0.29, 0.717) is 25.8 Å². The van der Waals surface area contributed by atoms with Crippen LogP contribution in [0, 0.1) is 23.7 Å². The number of benzene rings is 1. The van der Waals surface area contributed by atoms with Gasteiger partial charge >= 0.3 is 11.9 Å². The maximum atomic E-state index is 13.9. The Bertz CT molecular complexity index is 1530. The predicted molar refractivity (Wildman–Crippen MR) is 218 cm³/mol. The summed E-state index contributed by atoms with van der Waals surface area (Å²) in [6.45, 7) is 8.73. The summed E-state index contributed by atoms with van der Waals surface area (Å²) >= 11 is 0. The number of hydrogen-bond donors (Lipinski definition) is 9. The summed E-state index contributed by atoms with van der Waals surface area (Å²) in [7, 11) is 0. The largest absolute Gasteiger partial charge is 0.481 e. The highest BCUT2D eigenvalue weighted by Crippen LogP contribution is 2.24. The summed E-state index contributed by atoms with van der Waals surface area (Å²) < 4.78 is 0. The van der Waals surface area contributed by atoms with Crippen molar-refractivity contribution in [1.82, 2.24) is 31.9 Å². The van der Waals surface area contributed by atoms with Crippen molar-refractivity contribution in [2.45, 2.75) is 147 Å². The molecule has 0 radical (unpaired) electrons. The van der Waals surface area contributed by atoms with Crippen LogP contribution < -0.4 is 37.6 Å². The molecular weight excluding hydrogens is 747 g/mol. The molecule has 324 valence electrons. The second-order valence-corrected chi connectivity index (χ2v) is 16.9. The molecule has 8 atom stereocenters. The highest BCUT2D eigenvalue weighted by Gasteiger charge is 2.35. The number of hydrogen-bond acceptors (Lipinski definition) is 9. The van der Waals surface area contributed by atoms with Crippen LogP contribution in [-0.4, -0.2) is 101 Å². The molecule has 0 bridgehead atoms. The summed E-state index contributed by atoms with van der Waals surface area (Å²) in [4.78, 5) is 89.7. The van der Waals surface area contributed by atoms with E-state index in [9.17, 15) is 38.7 Å². The Morgan fingerprint density at radius 1 is 0.724 bits per heavy atom. The fraction of sp³-hybridized carbons (Fsp3) is 0.690. The van der Waals surface area contributed by atoms with Crippen molar-refractivity contribution < 1.29 is 43.8 Å². The van der Waals surface area contributed by atoms with Crippen LogP contribution in [0.25, 0.3) is 0 Å². The molecule has 3 rings (SSSR count). The molecule has 16 nitrogen and oxygen atoms in total. The highest BCUT2D eigenvalue weighted by molar-refractivity contribution is 5.85. The SMILES string of the molecule is CC(C)C[C@@H](CC(=O)N[C@H](CC(=O)N[C@@H]1CCNC[C@H]1C(=O)N[C@H](CC(=O)N[C@@H](CCC(=O)O)CC(=O)O)Cc1ccccc1)C(C)C)NC(=O)[C@@H]1CCCC[C@H]1N. The van der Waals surface area contributed by atoms with E-state index in [-0.39, 0.29) is 92.1 Å². The zero-order valence-electron chi connectivity index (χ0n) is 34.6. The third-order valence-electron chi connectivity index (χ3n) is 11.0. The van der Waals surface area contributed by atoms with E-state index < -0.39 is 54.4 Å². The van der Waals surface area contributed by atoms with Crippen LogP contribution in [0.3, 0.4) is 0 Å². The number of nitrogens with one attached hydrogen (secondary N) is 6. The van der Waals surface area contributed by atoms with Gasteiger partial charge in [0.2, 0.25) is 29.5 Å². The molecule has 1 aromatic carbocycles. The predicted octanol–water partition coefficient (Wildman–Crippen LogP) is 1.99. The van der Waals surface area contributed by atoms with E-state index in [2.05, 4.69) is 31.9 Å². The van der Waals surface area contributed by atoms with Gasteiger partial charge in [-0.1, -0.05) is 70.9 Å². The van der Waals surface area contributed by atoms with E-state index in [4.69, 9.17) is 10.8 Å². The number of nitrogens with two attached hydrogens (primary N) is 1. The molecule has 1 aliphatic carbocycles. The van der Waals surface area contributed by atoms with Gasteiger partial charge < -0.3 is 47.8 Å². The molecule has 2 fully saturated rings. The summed E-state index contributed by atoms with van der Waals surface area (Å²) in [5, 5.41) is 36.4. The maximum Gasteiger partial charge on any atom is 0.305 e. The van der Waals surface area contributed by atoms with Gasteiger partial charge in [0.15, 0.2) is 0 Å². The summed E-state index contributed by atoms with van der Waals surface area (Å²) in [5.41, 5.74) is 7.11. The molecule has 1 aliphatic heterocycles. The number of carbonyl (C=O) groups excluding carboxylic acids is 5. The van der Waals surface area contributed by atoms with E-state index in [0.717, 1.165) is 31.2 Å². The second-order valence-electron chi connectivity index (χ2n) is 16.9. The first-order chi connectivity index (χ1) is 27.5. The van der Waals surface area contributed by atoms with E-state index in [1.54, 1.807) is 0 Å². The van der Waals surface area contributed by atoms with Crippen molar-refractivity contribution in [2.75, 3.05) is 13.1 Å². The Labute approximate surface area is 342 Å². The number of carboxylic acid groups (broad SMARTS) is 2. The Balaban J connectivity index is 1.64. The summed E-state index contributed by atoms with van der Waals surface area (Å²) in [6.07, 6.45) is 3.90. The van der Waals surface area contributed by atoms with Crippen LogP contribution in [0.5, 0.6) is 0 Å². The van der Waals surface area contributed by atoms with Gasteiger partial charge in [0.1, 0.15) is 0 Å². The summed E-state index contributed by atoms with van der Waals surface area (Å²) in [5.74, 6) is -4.71. The maximum absolute atomic E-state index is 13.9. The third kappa shape index (κ3) is 17.5. The monoisotopic (exact) mass is 814 g/mol. The van der Waals surface area contributed by atoms with Gasteiger partial charge in [-0.05, 0) is 62.5 Å². The zero-order valence-corrected chi connectivity index (χ0v) is 34.6. The minimum absolute atomic E-state index is 0.0179. The molecule has 58 heavy (non-hydrogen) atoms. The lowest BCUT2D eigenvalue weighted by Gasteiger charge is -2.34. The van der Waals surface area contributed by atoms with Crippen molar-refractivity contribution in [3.05, 3.63) is 35.9 Å². The van der Waals surface area contributed by atoms with Crippen molar-refractivity contribution in [3.8, 4) is 0 Å². The zero-order chi connectivity index (χ0) is 42.8. The topological polar surface area (TPSA) is 258 Å². The van der Waals surface area contributed by atoms with Gasteiger partial charge in [-0.15, -0.1) is 0 Å². The second kappa shape index (κ2) is 24.4. The Morgan fingerprint density at radius 2 is 1.36 bits per heavy atom. The average molecular weight is 814 g/mol. The van der Waals surface area contributed by atoms with Crippen LogP contribution in [0.1, 0.15) is 110 Å². The number of carbonyl (C=O) groups is 7. The van der Waals surface area contributed by atoms with Crippen molar-refractivity contribution >= 4 is 41.5 Å². The molecule has 0 spiro atoms. The van der Waals surface area contributed by atoms with Gasteiger partial charge in [0, 0.05) is 68.5 Å². The van der Waals surface area contributed by atoms with Crippen molar-refractivity contribution in [2.24, 2.45) is 29.4 Å². The van der Waals surface area contributed by atoms with E-state index >= 15 is 0 Å². The van der Waals surface area contributed by atoms with Crippen molar-refractivity contribution in [1.29, 1.82) is 0 Å². The third-order valence-corrected chi connectivity index (χ3v) is 11.0. The number of aliphatic carboxylic acids is 2. The number of carboxylic acids is 2. The standard InChI is InChI=1S/C42H67N7O9/c1-25(2)18-29(46-41(57)31-12-8-9-13-33(31)43)20-37(51)49-35(26(3)4)23-38(52)48-34-16-17-44-24-32(34)42(58)47-30(19-27-10-6-5-7-11-27)21-36(50)45-28(22-40(55)56)14-15-39(53)54/h5-7,10-11,25-26,28-35,44H,8-9,12-24,43H2,1-4H3,(H,45,50)(H,46,57)(H,47,58)(H,48,52)(H,49,51)(H,53,54)(H,55,56)/t28-,29-,30-,31+,32+,33+,34+,35+/m0/s1. The highest BCUT2D eigenvalue weighted by atomic mass is 16.4. The first-order valence-corrected chi connectivity index (χ1v) is 20.9. The van der Waals surface area contributed by atoms with Crippen LogP contribution in [0.15, 0.2) is 30.3 Å². The first-order valence-electron chi connectivity index (χ1n) is 20.9. The van der Waals surface area contributed by atoms with Crippen molar-refractivity contribution in [3.63, 3.8) is 0 Å². The number of amides is 5. The molecule has 0 unspecified atom stereocenters. The number of piperidine rings is 1.